The lowest BCUT2D eigenvalue weighted by Crippen LogP contribution is -2.31. The maximum atomic E-state index is 4.22. The highest BCUT2D eigenvalue weighted by Crippen LogP contribution is 2.32. The maximum absolute atomic E-state index is 4.22. The van der Waals surface area contributed by atoms with Crippen LogP contribution in [0.25, 0.3) is 0 Å². The van der Waals surface area contributed by atoms with Crippen LogP contribution < -0.4 is 5.32 Å². The van der Waals surface area contributed by atoms with Crippen molar-refractivity contribution in [3.63, 3.8) is 0 Å². The van der Waals surface area contributed by atoms with Gasteiger partial charge in [-0.1, -0.05) is 44.4 Å². The second-order valence-corrected chi connectivity index (χ2v) is 7.57. The van der Waals surface area contributed by atoms with Crippen molar-refractivity contribution in [1.82, 2.24) is 25.5 Å². The van der Waals surface area contributed by atoms with Crippen molar-refractivity contribution >= 4 is 11.8 Å². The average molecular weight is 295 g/mol. The van der Waals surface area contributed by atoms with Crippen LogP contribution in [0.15, 0.2) is 5.16 Å². The van der Waals surface area contributed by atoms with Crippen LogP contribution in [0.4, 0.5) is 0 Å². The Balaban J connectivity index is 1.50. The van der Waals surface area contributed by atoms with E-state index in [4.69, 9.17) is 0 Å². The zero-order valence-corrected chi connectivity index (χ0v) is 13.1. The van der Waals surface area contributed by atoms with Gasteiger partial charge in [-0.3, -0.25) is 0 Å². The van der Waals surface area contributed by atoms with E-state index in [0.717, 1.165) is 17.7 Å². The molecule has 112 valence electrons. The second-order valence-electron chi connectivity index (χ2n) is 6.16. The van der Waals surface area contributed by atoms with Crippen molar-refractivity contribution in [2.75, 3.05) is 6.54 Å². The largest absolute Gasteiger partial charge is 0.313 e. The third-order valence-electron chi connectivity index (χ3n) is 4.49. The summed E-state index contributed by atoms with van der Waals surface area (Å²) in [6, 6.07) is 1.27. The Labute approximate surface area is 125 Å². The van der Waals surface area contributed by atoms with E-state index >= 15 is 0 Å². The van der Waals surface area contributed by atoms with E-state index in [1.165, 1.54) is 51.4 Å². The van der Waals surface area contributed by atoms with Gasteiger partial charge in [0.25, 0.3) is 0 Å². The molecule has 0 bridgehead atoms. The Bertz CT molecular complexity index is 409. The topological polar surface area (TPSA) is 55.6 Å². The predicted octanol–water partition coefficient (Wildman–Crippen LogP) is 2.80. The first-order chi connectivity index (χ1) is 9.83. The highest BCUT2D eigenvalue weighted by molar-refractivity contribution is 7.99. The van der Waals surface area contributed by atoms with E-state index in [0.29, 0.717) is 11.3 Å². The lowest BCUT2D eigenvalue weighted by molar-refractivity contribution is 0.422. The van der Waals surface area contributed by atoms with Gasteiger partial charge in [0, 0.05) is 17.8 Å². The van der Waals surface area contributed by atoms with Gasteiger partial charge in [-0.15, -0.1) is 5.10 Å². The molecule has 5 nitrogen and oxygen atoms in total. The minimum Gasteiger partial charge on any atom is -0.313 e. The fourth-order valence-corrected chi connectivity index (χ4v) is 4.24. The summed E-state index contributed by atoms with van der Waals surface area (Å²) in [4.78, 5) is 0. The van der Waals surface area contributed by atoms with Gasteiger partial charge in [0.1, 0.15) is 0 Å². The molecule has 2 aliphatic carbocycles. The molecule has 1 aromatic rings. The Kier molecular flexibility index (Phi) is 4.94. The zero-order chi connectivity index (χ0) is 13.8. The summed E-state index contributed by atoms with van der Waals surface area (Å²) in [6.45, 7) is 3.31. The van der Waals surface area contributed by atoms with Crippen LogP contribution in [0.3, 0.4) is 0 Å². The number of nitrogens with zero attached hydrogens (tertiary/aromatic N) is 4. The monoisotopic (exact) mass is 295 g/mol. The number of tetrazole rings is 1. The summed E-state index contributed by atoms with van der Waals surface area (Å²) in [5, 5.41) is 17.5. The molecule has 0 aliphatic heterocycles. The smallest absolute Gasteiger partial charge is 0.209 e. The van der Waals surface area contributed by atoms with Crippen LogP contribution in [0.5, 0.6) is 0 Å². The van der Waals surface area contributed by atoms with Crippen LogP contribution in [0.1, 0.15) is 64.3 Å². The Morgan fingerprint density at radius 2 is 1.90 bits per heavy atom. The molecule has 2 saturated carbocycles. The Morgan fingerprint density at radius 3 is 2.65 bits per heavy atom. The fourth-order valence-electron chi connectivity index (χ4n) is 3.33. The summed E-state index contributed by atoms with van der Waals surface area (Å²) < 4.78 is 2.06. The first-order valence-corrected chi connectivity index (χ1v) is 8.89. The average Bonchev–Trinajstić information content (AvgIpc) is 3.18. The molecule has 0 radical (unpaired) electrons. The predicted molar refractivity (Wildman–Crippen MR) is 80.9 cm³/mol. The first kappa shape index (κ1) is 14.3. The summed E-state index contributed by atoms with van der Waals surface area (Å²) in [5.74, 6) is 0. The lowest BCUT2D eigenvalue weighted by atomic mass is 10.2. The molecular formula is C14H25N5S. The van der Waals surface area contributed by atoms with Gasteiger partial charge < -0.3 is 5.32 Å². The lowest BCUT2D eigenvalue weighted by Gasteiger charge is -2.17. The minimum absolute atomic E-state index is 0.516. The quantitative estimate of drug-likeness (QED) is 0.818. The van der Waals surface area contributed by atoms with Gasteiger partial charge >= 0.3 is 0 Å². The molecule has 2 aliphatic rings. The minimum atomic E-state index is 0.516. The van der Waals surface area contributed by atoms with Crippen molar-refractivity contribution in [1.29, 1.82) is 0 Å². The zero-order valence-electron chi connectivity index (χ0n) is 12.3. The molecule has 0 saturated heterocycles. The molecule has 1 heterocycles. The van der Waals surface area contributed by atoms with Crippen LogP contribution in [0, 0.1) is 0 Å². The molecule has 0 amide bonds. The summed E-state index contributed by atoms with van der Waals surface area (Å²) in [6.07, 6.45) is 10.5. The van der Waals surface area contributed by atoms with Crippen molar-refractivity contribution in [2.45, 2.75) is 80.8 Å². The Hall–Kier alpha value is -0.620. The highest BCUT2D eigenvalue weighted by Gasteiger charge is 2.23. The molecule has 1 unspecified atom stereocenters. The second kappa shape index (κ2) is 6.89. The summed E-state index contributed by atoms with van der Waals surface area (Å²) in [7, 11) is 0. The summed E-state index contributed by atoms with van der Waals surface area (Å²) >= 11 is 1.81. The molecule has 3 rings (SSSR count). The third kappa shape index (κ3) is 3.52. The van der Waals surface area contributed by atoms with Gasteiger partial charge in [-0.05, 0) is 36.1 Å². The van der Waals surface area contributed by atoms with Crippen molar-refractivity contribution in [3.05, 3.63) is 0 Å². The number of nitrogens with one attached hydrogen (secondary N) is 1. The van der Waals surface area contributed by atoms with Gasteiger partial charge in [-0.2, -0.15) is 0 Å². The number of rotatable bonds is 6. The SMILES string of the molecule is CC(CNC1CCCC1)Sc1nnnn1C1CCCC1. The van der Waals surface area contributed by atoms with E-state index in [1.807, 2.05) is 11.8 Å². The van der Waals surface area contributed by atoms with E-state index in [-0.39, 0.29) is 0 Å². The molecule has 1 atom stereocenters. The van der Waals surface area contributed by atoms with Crippen LogP contribution in [-0.2, 0) is 0 Å². The molecule has 0 spiro atoms. The van der Waals surface area contributed by atoms with Crippen LogP contribution in [-0.4, -0.2) is 38.0 Å². The molecule has 1 aromatic heterocycles. The van der Waals surface area contributed by atoms with Crippen molar-refractivity contribution in [2.24, 2.45) is 0 Å². The summed E-state index contributed by atoms with van der Waals surface area (Å²) in [5.41, 5.74) is 0. The molecular weight excluding hydrogens is 270 g/mol. The van der Waals surface area contributed by atoms with Crippen molar-refractivity contribution < 1.29 is 0 Å². The number of hydrogen-bond acceptors (Lipinski definition) is 5. The van der Waals surface area contributed by atoms with Gasteiger partial charge in [0.2, 0.25) is 5.16 Å². The molecule has 1 N–H and O–H groups in total. The highest BCUT2D eigenvalue weighted by atomic mass is 32.2. The molecule has 6 heteroatoms. The van der Waals surface area contributed by atoms with Crippen LogP contribution >= 0.6 is 11.8 Å². The fraction of sp³-hybridized carbons (Fsp3) is 0.929. The standard InChI is InChI=1S/C14H25N5S/c1-11(10-15-12-6-2-3-7-12)20-14-16-17-18-19(14)13-8-4-5-9-13/h11-13,15H,2-10H2,1H3. The maximum Gasteiger partial charge on any atom is 0.209 e. The van der Waals surface area contributed by atoms with Crippen LogP contribution in [0.2, 0.25) is 0 Å². The van der Waals surface area contributed by atoms with E-state index < -0.39 is 0 Å². The number of thioether (sulfide) groups is 1. The Morgan fingerprint density at radius 1 is 1.20 bits per heavy atom. The van der Waals surface area contributed by atoms with E-state index in [2.05, 4.69) is 32.4 Å². The van der Waals surface area contributed by atoms with E-state index in [9.17, 15) is 0 Å². The van der Waals surface area contributed by atoms with E-state index in [1.54, 1.807) is 0 Å². The molecule has 0 aromatic carbocycles. The number of aromatic nitrogens is 4. The van der Waals surface area contributed by atoms with Crippen molar-refractivity contribution in [3.8, 4) is 0 Å². The van der Waals surface area contributed by atoms with Gasteiger partial charge in [-0.25, -0.2) is 4.68 Å². The van der Waals surface area contributed by atoms with Gasteiger partial charge in [0.15, 0.2) is 0 Å². The molecule has 20 heavy (non-hydrogen) atoms. The first-order valence-electron chi connectivity index (χ1n) is 8.01. The van der Waals surface area contributed by atoms with Gasteiger partial charge in [0.05, 0.1) is 6.04 Å². The normalized spacial score (nSPS) is 22.6. The molecule has 2 fully saturated rings. The third-order valence-corrected chi connectivity index (χ3v) is 5.54. The number of hydrogen-bond donors (Lipinski definition) is 1.